The van der Waals surface area contributed by atoms with E-state index in [1.54, 1.807) is 0 Å². The quantitative estimate of drug-likeness (QED) is 0.792. The van der Waals surface area contributed by atoms with Crippen molar-refractivity contribution in [3.05, 3.63) is 29.3 Å². The Balaban J connectivity index is 1.56. The second-order valence-corrected chi connectivity index (χ2v) is 8.80. The first-order valence-corrected chi connectivity index (χ1v) is 10.8. The van der Waals surface area contributed by atoms with Crippen LogP contribution in [0, 0.1) is 11.8 Å². The number of rotatable bonds is 2. The molecule has 4 rings (SSSR count). The molecule has 0 bridgehead atoms. The number of hydrogen-bond acceptors (Lipinski definition) is 4. The van der Waals surface area contributed by atoms with Gasteiger partial charge in [0, 0.05) is 35.2 Å². The number of benzene rings is 1. The van der Waals surface area contributed by atoms with Crippen LogP contribution in [0.4, 0.5) is 0 Å². The monoisotopic (exact) mass is 373 g/mol. The number of Topliss-reactive ketones (excluding diaryl/α,β-unsaturated/α-hetero) is 1. The van der Waals surface area contributed by atoms with Gasteiger partial charge in [-0.25, -0.2) is 0 Å². The van der Waals surface area contributed by atoms with Crippen LogP contribution in [-0.2, 0) is 9.53 Å². The Morgan fingerprint density at radius 2 is 2.00 bits per heavy atom. The maximum atomic E-state index is 13.0. The Morgan fingerprint density at radius 3 is 2.81 bits per heavy atom. The van der Waals surface area contributed by atoms with Crippen molar-refractivity contribution in [2.45, 2.75) is 43.4 Å². The summed E-state index contributed by atoms with van der Waals surface area (Å²) in [6.07, 6.45) is 4.64. The molecule has 2 aliphatic heterocycles. The van der Waals surface area contributed by atoms with E-state index >= 15 is 0 Å². The molecule has 3 aliphatic rings. The highest BCUT2D eigenvalue weighted by molar-refractivity contribution is 7.99. The zero-order chi connectivity index (χ0) is 18.1. The van der Waals surface area contributed by atoms with Gasteiger partial charge in [-0.1, -0.05) is 18.9 Å². The minimum absolute atomic E-state index is 0.159. The first-order valence-electron chi connectivity index (χ1n) is 9.82. The van der Waals surface area contributed by atoms with Crippen LogP contribution in [0.25, 0.3) is 0 Å². The summed E-state index contributed by atoms with van der Waals surface area (Å²) in [5.74, 6) is 2.05. The SMILES string of the molecule is CC(C(=O)N1CCOCC1)c1ccc2c(c1)SC[C@@H]1CCCC[C@H]1C2=O. The van der Waals surface area contributed by atoms with Crippen LogP contribution < -0.4 is 0 Å². The molecule has 140 valence electrons. The van der Waals surface area contributed by atoms with Crippen LogP contribution in [0.1, 0.15) is 54.4 Å². The normalized spacial score (nSPS) is 27.3. The van der Waals surface area contributed by atoms with Gasteiger partial charge in [0.2, 0.25) is 5.91 Å². The van der Waals surface area contributed by atoms with E-state index in [0.717, 1.165) is 28.2 Å². The number of fused-ring (bicyclic) bond motifs is 2. The molecule has 0 spiro atoms. The summed E-state index contributed by atoms with van der Waals surface area (Å²) < 4.78 is 5.35. The summed E-state index contributed by atoms with van der Waals surface area (Å²) in [5, 5.41) is 0. The Bertz CT molecular complexity index is 698. The van der Waals surface area contributed by atoms with E-state index in [1.807, 2.05) is 35.7 Å². The largest absolute Gasteiger partial charge is 0.378 e. The summed E-state index contributed by atoms with van der Waals surface area (Å²) in [4.78, 5) is 28.8. The number of hydrogen-bond donors (Lipinski definition) is 0. The molecular formula is C21H27NO3S. The molecule has 4 nitrogen and oxygen atoms in total. The zero-order valence-electron chi connectivity index (χ0n) is 15.4. The molecule has 5 heteroatoms. The Labute approximate surface area is 159 Å². The molecule has 26 heavy (non-hydrogen) atoms. The Hall–Kier alpha value is -1.33. The Kier molecular flexibility index (Phi) is 5.37. The molecule has 1 aromatic carbocycles. The highest BCUT2D eigenvalue weighted by Crippen LogP contribution is 2.42. The standard InChI is InChI=1S/C21H27NO3S/c1-14(21(24)22-8-10-25-11-9-22)15-6-7-18-19(12-15)26-13-16-4-2-3-5-17(16)20(18)23/h6-7,12,14,16-17H,2-5,8-11,13H2,1H3/t14?,16-,17+/m0/s1. The number of morpholine rings is 1. The Morgan fingerprint density at radius 1 is 1.23 bits per heavy atom. The molecule has 2 fully saturated rings. The van der Waals surface area contributed by atoms with Crippen LogP contribution in [0.3, 0.4) is 0 Å². The van der Waals surface area contributed by atoms with Crippen molar-refractivity contribution in [2.24, 2.45) is 11.8 Å². The van der Waals surface area contributed by atoms with Crippen molar-refractivity contribution in [2.75, 3.05) is 32.1 Å². The number of ether oxygens (including phenoxy) is 1. The minimum atomic E-state index is -0.181. The van der Waals surface area contributed by atoms with E-state index in [9.17, 15) is 9.59 Å². The van der Waals surface area contributed by atoms with Crippen molar-refractivity contribution in [3.63, 3.8) is 0 Å². The summed E-state index contributed by atoms with van der Waals surface area (Å²) in [5.41, 5.74) is 1.89. The van der Waals surface area contributed by atoms with E-state index in [2.05, 4.69) is 6.07 Å². The highest BCUT2D eigenvalue weighted by atomic mass is 32.2. The lowest BCUT2D eigenvalue weighted by atomic mass is 9.76. The van der Waals surface area contributed by atoms with E-state index < -0.39 is 0 Å². The van der Waals surface area contributed by atoms with Crippen molar-refractivity contribution in [3.8, 4) is 0 Å². The van der Waals surface area contributed by atoms with Crippen molar-refractivity contribution in [1.29, 1.82) is 0 Å². The van der Waals surface area contributed by atoms with Gasteiger partial charge in [0.25, 0.3) is 0 Å². The zero-order valence-corrected chi connectivity index (χ0v) is 16.2. The summed E-state index contributed by atoms with van der Waals surface area (Å²) in [7, 11) is 0. The molecule has 0 N–H and O–H groups in total. The van der Waals surface area contributed by atoms with Crippen LogP contribution >= 0.6 is 11.8 Å². The van der Waals surface area contributed by atoms with Crippen molar-refractivity contribution in [1.82, 2.24) is 4.90 Å². The van der Waals surface area contributed by atoms with E-state index in [-0.39, 0.29) is 17.7 Å². The predicted octanol–water partition coefficient (Wildman–Crippen LogP) is 3.74. The third kappa shape index (κ3) is 3.44. The fourth-order valence-corrected chi connectivity index (χ4v) is 5.82. The number of carbonyl (C=O) groups excluding carboxylic acids is 2. The lowest BCUT2D eigenvalue weighted by Gasteiger charge is -2.29. The second kappa shape index (κ2) is 7.73. The predicted molar refractivity (Wildman–Crippen MR) is 103 cm³/mol. The number of nitrogens with zero attached hydrogens (tertiary/aromatic N) is 1. The van der Waals surface area contributed by atoms with Gasteiger partial charge in [0.15, 0.2) is 5.78 Å². The van der Waals surface area contributed by atoms with E-state index in [0.29, 0.717) is 38.0 Å². The van der Waals surface area contributed by atoms with E-state index in [4.69, 9.17) is 4.74 Å². The lowest BCUT2D eigenvalue weighted by molar-refractivity contribution is -0.136. The van der Waals surface area contributed by atoms with Crippen molar-refractivity contribution >= 4 is 23.5 Å². The molecule has 1 aliphatic carbocycles. The van der Waals surface area contributed by atoms with Crippen LogP contribution in [-0.4, -0.2) is 48.6 Å². The third-order valence-corrected chi connectivity index (χ3v) is 7.41. The smallest absolute Gasteiger partial charge is 0.229 e. The van der Waals surface area contributed by atoms with Gasteiger partial charge in [-0.2, -0.15) is 0 Å². The van der Waals surface area contributed by atoms with Gasteiger partial charge >= 0.3 is 0 Å². The number of amides is 1. The minimum Gasteiger partial charge on any atom is -0.378 e. The molecular weight excluding hydrogens is 346 g/mol. The fraction of sp³-hybridized carbons (Fsp3) is 0.619. The average molecular weight is 374 g/mol. The molecule has 3 atom stereocenters. The highest BCUT2D eigenvalue weighted by Gasteiger charge is 2.35. The van der Waals surface area contributed by atoms with Gasteiger partial charge in [-0.05, 0) is 43.4 Å². The molecule has 1 saturated carbocycles. The van der Waals surface area contributed by atoms with Gasteiger partial charge in [0.05, 0.1) is 19.1 Å². The molecule has 1 unspecified atom stereocenters. The average Bonchev–Trinajstić information content (AvgIpc) is 2.84. The number of ketones is 1. The van der Waals surface area contributed by atoms with Gasteiger partial charge < -0.3 is 9.64 Å². The molecule has 0 aromatic heterocycles. The maximum Gasteiger partial charge on any atom is 0.229 e. The van der Waals surface area contributed by atoms with E-state index in [1.165, 1.54) is 19.3 Å². The van der Waals surface area contributed by atoms with Crippen LogP contribution in [0.2, 0.25) is 0 Å². The molecule has 1 amide bonds. The van der Waals surface area contributed by atoms with Gasteiger partial charge in [0.1, 0.15) is 0 Å². The van der Waals surface area contributed by atoms with Crippen LogP contribution in [0.15, 0.2) is 23.1 Å². The second-order valence-electron chi connectivity index (χ2n) is 7.74. The molecule has 1 saturated heterocycles. The molecule has 1 aromatic rings. The lowest BCUT2D eigenvalue weighted by Crippen LogP contribution is -2.42. The first kappa shape index (κ1) is 18.1. The van der Waals surface area contributed by atoms with Crippen LogP contribution in [0.5, 0.6) is 0 Å². The fourth-order valence-electron chi connectivity index (χ4n) is 4.48. The summed E-state index contributed by atoms with van der Waals surface area (Å²) >= 11 is 1.81. The van der Waals surface area contributed by atoms with Crippen molar-refractivity contribution < 1.29 is 14.3 Å². The third-order valence-electron chi connectivity index (χ3n) is 6.16. The first-order chi connectivity index (χ1) is 12.6. The summed E-state index contributed by atoms with van der Waals surface area (Å²) in [6.45, 7) is 4.56. The maximum absolute atomic E-state index is 13.0. The molecule has 2 heterocycles. The number of carbonyl (C=O) groups is 2. The topological polar surface area (TPSA) is 46.6 Å². The van der Waals surface area contributed by atoms with Gasteiger partial charge in [-0.15, -0.1) is 11.8 Å². The van der Waals surface area contributed by atoms with Gasteiger partial charge in [-0.3, -0.25) is 9.59 Å². The summed E-state index contributed by atoms with van der Waals surface area (Å²) in [6, 6.07) is 6.06. The molecule has 0 radical (unpaired) electrons. The number of thioether (sulfide) groups is 1.